The lowest BCUT2D eigenvalue weighted by molar-refractivity contribution is -0.137. The number of rotatable bonds is 15. The van der Waals surface area contributed by atoms with Crippen molar-refractivity contribution in [2.75, 3.05) is 44.0 Å². The highest BCUT2D eigenvalue weighted by Gasteiger charge is 2.38. The number of carbonyl (C=O) groups is 2. The third kappa shape index (κ3) is 9.60. The minimum Gasteiger partial charge on any atom is -0.491 e. The molecule has 57 heavy (non-hydrogen) atoms. The van der Waals surface area contributed by atoms with E-state index in [1.54, 1.807) is 0 Å². The Morgan fingerprint density at radius 1 is 1.00 bits per heavy atom. The van der Waals surface area contributed by atoms with Crippen molar-refractivity contribution in [3.05, 3.63) is 112 Å². The van der Waals surface area contributed by atoms with Gasteiger partial charge < -0.3 is 35.5 Å². The van der Waals surface area contributed by atoms with Crippen molar-refractivity contribution >= 4 is 38.2 Å². The SMILES string of the molecule is CC(O)(CS(=O)(=O)c1ccc(OCCOCCNCc2ccc(-c3[nH]c4cc(F)cc5c4c3CCNC5=O)cc2)cc1)C(=O)Nc1ccc(C#N)c(C(F)(F)F)c1. The second-order valence-corrected chi connectivity index (χ2v) is 15.5. The largest absolute Gasteiger partial charge is 0.491 e. The first kappa shape index (κ1) is 40.9. The number of nitrogens with one attached hydrogen (secondary N) is 4. The quantitative estimate of drug-likeness (QED) is 0.0674. The van der Waals surface area contributed by atoms with Crippen molar-refractivity contribution in [3.63, 3.8) is 0 Å². The Morgan fingerprint density at radius 3 is 2.44 bits per heavy atom. The van der Waals surface area contributed by atoms with Crippen LogP contribution in [0.15, 0.2) is 83.8 Å². The van der Waals surface area contributed by atoms with Crippen molar-refractivity contribution in [1.82, 2.24) is 15.6 Å². The minimum absolute atomic E-state index is 0.169. The van der Waals surface area contributed by atoms with Crippen LogP contribution >= 0.6 is 0 Å². The summed E-state index contributed by atoms with van der Waals surface area (Å²) < 4.78 is 91.4. The number of alkyl halides is 3. The fraction of sp³-hybridized carbons (Fsp3) is 0.275. The number of anilines is 1. The number of nitrogens with zero attached hydrogens (tertiary/aromatic N) is 1. The molecule has 298 valence electrons. The molecule has 0 radical (unpaired) electrons. The average Bonchev–Trinajstić information content (AvgIpc) is 3.43. The Kier molecular flexibility index (Phi) is 12.0. The molecule has 2 amide bonds. The fourth-order valence-corrected chi connectivity index (χ4v) is 7.99. The van der Waals surface area contributed by atoms with E-state index in [4.69, 9.17) is 14.7 Å². The summed E-state index contributed by atoms with van der Waals surface area (Å²) in [7, 11) is -4.25. The summed E-state index contributed by atoms with van der Waals surface area (Å²) >= 11 is 0. The zero-order valence-electron chi connectivity index (χ0n) is 30.4. The molecule has 1 aromatic heterocycles. The first-order valence-electron chi connectivity index (χ1n) is 17.7. The summed E-state index contributed by atoms with van der Waals surface area (Å²) in [5.74, 6) is -2.75. The molecule has 2 heterocycles. The molecule has 0 spiro atoms. The summed E-state index contributed by atoms with van der Waals surface area (Å²) in [6, 6.07) is 19.7. The maximum Gasteiger partial charge on any atom is 0.417 e. The molecule has 0 saturated carbocycles. The Bertz CT molecular complexity index is 2440. The van der Waals surface area contributed by atoms with Gasteiger partial charge in [0.1, 0.15) is 18.2 Å². The van der Waals surface area contributed by atoms with E-state index < -0.39 is 50.2 Å². The number of ether oxygens (including phenoxy) is 2. The summed E-state index contributed by atoms with van der Waals surface area (Å²) in [4.78, 5) is 28.3. The molecule has 1 unspecified atom stereocenters. The monoisotopic (exact) mass is 807 g/mol. The van der Waals surface area contributed by atoms with Gasteiger partial charge in [0.05, 0.1) is 46.6 Å². The van der Waals surface area contributed by atoms with Gasteiger partial charge in [-0.25, -0.2) is 12.8 Å². The van der Waals surface area contributed by atoms with Crippen molar-refractivity contribution in [2.24, 2.45) is 0 Å². The predicted octanol–water partition coefficient (Wildman–Crippen LogP) is 5.50. The smallest absolute Gasteiger partial charge is 0.417 e. The van der Waals surface area contributed by atoms with Gasteiger partial charge in [-0.15, -0.1) is 0 Å². The van der Waals surface area contributed by atoms with Gasteiger partial charge in [-0.05, 0) is 84.6 Å². The number of sulfone groups is 1. The Labute approximate surface area is 324 Å². The van der Waals surface area contributed by atoms with Gasteiger partial charge in [0.15, 0.2) is 15.4 Å². The van der Waals surface area contributed by atoms with Gasteiger partial charge >= 0.3 is 6.18 Å². The van der Waals surface area contributed by atoms with E-state index >= 15 is 0 Å². The van der Waals surface area contributed by atoms with E-state index in [1.807, 2.05) is 24.3 Å². The zero-order chi connectivity index (χ0) is 41.0. The van der Waals surface area contributed by atoms with Crippen LogP contribution in [0.2, 0.25) is 0 Å². The van der Waals surface area contributed by atoms with Crippen LogP contribution in [-0.4, -0.2) is 74.6 Å². The first-order valence-corrected chi connectivity index (χ1v) is 19.3. The lowest BCUT2D eigenvalue weighted by Gasteiger charge is -2.22. The van der Waals surface area contributed by atoms with Gasteiger partial charge in [0, 0.05) is 41.9 Å². The van der Waals surface area contributed by atoms with Crippen LogP contribution in [0.25, 0.3) is 22.2 Å². The van der Waals surface area contributed by atoms with E-state index in [1.165, 1.54) is 42.5 Å². The lowest BCUT2D eigenvalue weighted by Crippen LogP contribution is -2.45. The molecular formula is C40H37F4N5O7S. The highest BCUT2D eigenvalue weighted by atomic mass is 32.2. The fourth-order valence-electron chi connectivity index (χ4n) is 6.41. The van der Waals surface area contributed by atoms with E-state index in [0.29, 0.717) is 55.6 Å². The standard InChI is InChI=1S/C40H37F4N5O7S/c1-39(52,38(51)48-28-7-6-26(21-45)33(20-28)40(42,43)44)23-57(53,54)30-10-8-29(9-11-30)56-17-16-55-15-14-46-22-24-2-4-25(5-3-24)36-31-12-13-47-37(50)32-18-27(41)19-34(49-36)35(31)32/h2-11,18-20,46,49,52H,12-17,22-23H2,1H3,(H,47,50)(H,48,51). The van der Waals surface area contributed by atoms with E-state index in [2.05, 4.69) is 20.9 Å². The molecule has 0 saturated heterocycles. The highest BCUT2D eigenvalue weighted by Crippen LogP contribution is 2.36. The van der Waals surface area contributed by atoms with Crippen LogP contribution in [0.1, 0.15) is 39.5 Å². The van der Waals surface area contributed by atoms with Crippen molar-refractivity contribution in [3.8, 4) is 23.1 Å². The summed E-state index contributed by atoms with van der Waals surface area (Å²) in [5.41, 5.74) is -0.154. The molecule has 4 aromatic carbocycles. The second-order valence-electron chi connectivity index (χ2n) is 13.5. The predicted molar refractivity (Wildman–Crippen MR) is 202 cm³/mol. The van der Waals surface area contributed by atoms with E-state index in [9.17, 15) is 40.7 Å². The minimum atomic E-state index is -4.88. The molecule has 1 aliphatic rings. The number of aromatic amines is 1. The van der Waals surface area contributed by atoms with Crippen molar-refractivity contribution in [1.29, 1.82) is 5.26 Å². The van der Waals surface area contributed by atoms with Gasteiger partial charge in [-0.3, -0.25) is 9.59 Å². The van der Waals surface area contributed by atoms with Crippen LogP contribution in [0.5, 0.6) is 5.75 Å². The summed E-state index contributed by atoms with van der Waals surface area (Å²) in [5, 5.41) is 28.6. The molecule has 1 aliphatic heterocycles. The van der Waals surface area contributed by atoms with Crippen LogP contribution in [0.3, 0.4) is 0 Å². The van der Waals surface area contributed by atoms with Gasteiger partial charge in [0.2, 0.25) is 0 Å². The molecule has 5 N–H and O–H groups in total. The van der Waals surface area contributed by atoms with Crippen molar-refractivity contribution < 1.29 is 50.1 Å². The second kappa shape index (κ2) is 16.7. The molecule has 0 aliphatic carbocycles. The molecule has 5 aromatic rings. The maximum atomic E-state index is 14.2. The van der Waals surface area contributed by atoms with Crippen molar-refractivity contribution in [2.45, 2.75) is 36.6 Å². The summed E-state index contributed by atoms with van der Waals surface area (Å²) in [6.45, 7) is 3.33. The number of aromatic nitrogens is 1. The lowest BCUT2D eigenvalue weighted by atomic mass is 9.99. The third-order valence-electron chi connectivity index (χ3n) is 9.21. The molecule has 0 bridgehead atoms. The number of nitriles is 1. The number of benzene rings is 4. The topological polar surface area (TPSA) is 183 Å². The third-order valence-corrected chi connectivity index (χ3v) is 11.1. The number of H-pyrrole nitrogens is 1. The number of halogens is 4. The molecule has 12 nitrogen and oxygen atoms in total. The van der Waals surface area contributed by atoms with Crippen LogP contribution < -0.4 is 20.7 Å². The highest BCUT2D eigenvalue weighted by molar-refractivity contribution is 7.91. The maximum absolute atomic E-state index is 14.2. The molecule has 1 atom stereocenters. The molecule has 0 fully saturated rings. The van der Waals surface area contributed by atoms with E-state index in [0.717, 1.165) is 46.8 Å². The normalized spacial score (nSPS) is 14.0. The number of amides is 2. The van der Waals surface area contributed by atoms with Gasteiger partial charge in [-0.1, -0.05) is 24.3 Å². The first-order chi connectivity index (χ1) is 27.1. The number of hydrogen-bond acceptors (Lipinski definition) is 9. The molecule has 17 heteroatoms. The van der Waals surface area contributed by atoms with Gasteiger partial charge in [-0.2, -0.15) is 18.4 Å². The number of aliphatic hydroxyl groups is 1. The van der Waals surface area contributed by atoms with E-state index in [-0.39, 0.29) is 29.7 Å². The zero-order valence-corrected chi connectivity index (χ0v) is 31.2. The Morgan fingerprint density at radius 2 is 1.74 bits per heavy atom. The van der Waals surface area contributed by atoms with Gasteiger partial charge in [0.25, 0.3) is 11.8 Å². The van der Waals surface area contributed by atoms with Crippen LogP contribution in [0, 0.1) is 17.1 Å². The number of carbonyl (C=O) groups excluding carboxylic acids is 2. The van der Waals surface area contributed by atoms with Crippen LogP contribution in [0.4, 0.5) is 23.2 Å². The number of hydrogen-bond donors (Lipinski definition) is 5. The Balaban J connectivity index is 0.914. The average molecular weight is 808 g/mol. The van der Waals surface area contributed by atoms with Crippen LogP contribution in [-0.2, 0) is 38.5 Å². The Hall–Kier alpha value is -5.80. The summed E-state index contributed by atoms with van der Waals surface area (Å²) in [6.07, 6.45) is -4.26. The molecule has 6 rings (SSSR count). The molecular weight excluding hydrogens is 771 g/mol.